The zero-order valence-corrected chi connectivity index (χ0v) is 22.2. The normalized spacial score (nSPS) is 11.5. The van der Waals surface area contributed by atoms with Crippen molar-refractivity contribution in [3.63, 3.8) is 0 Å². The van der Waals surface area contributed by atoms with Gasteiger partial charge in [-0.1, -0.05) is 58.4 Å². The number of carbonyl (C=O) groups excluding carboxylic acids is 1. The van der Waals surface area contributed by atoms with Crippen molar-refractivity contribution >= 4 is 48.5 Å². The number of carboxylic acids is 1. The van der Waals surface area contributed by atoms with E-state index in [1.54, 1.807) is 24.3 Å². The molecule has 37 heavy (non-hydrogen) atoms. The predicted octanol–water partition coefficient (Wildman–Crippen LogP) is 4.43. The molecule has 3 aromatic carbocycles. The highest BCUT2D eigenvalue weighted by Gasteiger charge is 2.22. The van der Waals surface area contributed by atoms with Gasteiger partial charge in [0.05, 0.1) is 23.6 Å². The van der Waals surface area contributed by atoms with Gasteiger partial charge in [0.1, 0.15) is 0 Å². The Morgan fingerprint density at radius 1 is 0.973 bits per heavy atom. The van der Waals surface area contributed by atoms with Crippen LogP contribution in [0.4, 0.5) is 0 Å². The molecule has 0 fully saturated rings. The van der Waals surface area contributed by atoms with Crippen molar-refractivity contribution in [2.24, 2.45) is 0 Å². The number of ketones is 1. The molecule has 0 saturated carbocycles. The number of hydrogen-bond donors (Lipinski definition) is 2. The van der Waals surface area contributed by atoms with Gasteiger partial charge in [-0.15, -0.1) is 0 Å². The summed E-state index contributed by atoms with van der Waals surface area (Å²) < 4.78 is 29.3. The number of rotatable bonds is 9. The molecule has 190 valence electrons. The first-order valence-electron chi connectivity index (χ1n) is 11.3. The molecule has 1 aromatic heterocycles. The smallest absolute Gasteiger partial charge is 0.304 e. The molecule has 2 N–H and O–H groups in total. The third kappa shape index (κ3) is 5.71. The van der Waals surface area contributed by atoms with Gasteiger partial charge >= 0.3 is 5.97 Å². The molecule has 0 saturated heterocycles. The average Bonchev–Trinajstić information content (AvgIpc) is 2.85. The van der Waals surface area contributed by atoms with Crippen LogP contribution in [0.15, 0.2) is 87.0 Å². The lowest BCUT2D eigenvalue weighted by atomic mass is 9.95. The van der Waals surface area contributed by atoms with Crippen LogP contribution in [-0.2, 0) is 21.4 Å². The van der Waals surface area contributed by atoms with Gasteiger partial charge in [0, 0.05) is 28.9 Å². The number of carboxylic acid groups (broad SMARTS) is 1. The van der Waals surface area contributed by atoms with Crippen LogP contribution >= 0.6 is 15.9 Å². The average molecular weight is 583 g/mol. The molecule has 0 aliphatic heterocycles. The Balaban J connectivity index is 1.81. The molecule has 0 amide bonds. The minimum atomic E-state index is -3.89. The number of pyridine rings is 1. The fraction of sp³-hybridized carbons (Fsp3) is 0.148. The van der Waals surface area contributed by atoms with E-state index in [4.69, 9.17) is 5.11 Å². The van der Waals surface area contributed by atoms with E-state index in [1.165, 1.54) is 23.6 Å². The van der Waals surface area contributed by atoms with Crippen LogP contribution in [0.25, 0.3) is 21.9 Å². The van der Waals surface area contributed by atoms with Crippen molar-refractivity contribution in [2.75, 3.05) is 6.54 Å². The van der Waals surface area contributed by atoms with Crippen molar-refractivity contribution in [3.05, 3.63) is 98.9 Å². The predicted molar refractivity (Wildman–Crippen MR) is 144 cm³/mol. The fourth-order valence-corrected chi connectivity index (χ4v) is 5.56. The number of benzene rings is 3. The fourth-order valence-electron chi connectivity index (χ4n) is 4.17. The lowest BCUT2D eigenvalue weighted by molar-refractivity contribution is -0.136. The monoisotopic (exact) mass is 582 g/mol. The van der Waals surface area contributed by atoms with Crippen LogP contribution < -0.4 is 10.3 Å². The highest BCUT2D eigenvalue weighted by molar-refractivity contribution is 9.10. The Morgan fingerprint density at radius 3 is 2.27 bits per heavy atom. The maximum atomic E-state index is 13.6. The first-order valence-corrected chi connectivity index (χ1v) is 13.6. The van der Waals surface area contributed by atoms with Crippen molar-refractivity contribution in [2.45, 2.75) is 24.8 Å². The third-order valence-electron chi connectivity index (χ3n) is 5.83. The second kappa shape index (κ2) is 10.8. The zero-order chi connectivity index (χ0) is 26.7. The molecule has 10 heteroatoms. The van der Waals surface area contributed by atoms with Gasteiger partial charge in [-0.25, -0.2) is 13.1 Å². The first kappa shape index (κ1) is 26.5. The summed E-state index contributed by atoms with van der Waals surface area (Å²) in [5, 5.41) is 9.83. The summed E-state index contributed by atoms with van der Waals surface area (Å²) >= 11 is 3.47. The van der Waals surface area contributed by atoms with Crippen molar-refractivity contribution in [1.82, 2.24) is 9.29 Å². The molecular formula is C27H23BrN2O6S. The molecule has 0 aliphatic carbocycles. The van der Waals surface area contributed by atoms with Gasteiger partial charge in [0.15, 0.2) is 5.78 Å². The number of Topliss-reactive ketones (excluding diaryl/α,β-unsaturated/α-hetero) is 1. The Labute approximate surface area is 221 Å². The molecule has 0 atom stereocenters. The van der Waals surface area contributed by atoms with Crippen LogP contribution in [0.1, 0.15) is 29.4 Å². The molecule has 4 aromatic rings. The molecular weight excluding hydrogens is 560 g/mol. The summed E-state index contributed by atoms with van der Waals surface area (Å²) in [4.78, 5) is 37.2. The summed E-state index contributed by atoms with van der Waals surface area (Å²) in [7, 11) is -3.89. The van der Waals surface area contributed by atoms with E-state index in [1.807, 2.05) is 36.4 Å². The molecule has 0 radical (unpaired) electrons. The summed E-state index contributed by atoms with van der Waals surface area (Å²) in [5.41, 5.74) is 1.97. The number of hydrogen-bond acceptors (Lipinski definition) is 5. The van der Waals surface area contributed by atoms with E-state index in [2.05, 4.69) is 20.7 Å². The molecule has 4 rings (SSSR count). The lowest BCUT2D eigenvalue weighted by Crippen LogP contribution is -2.28. The molecule has 0 aliphatic rings. The Kier molecular flexibility index (Phi) is 7.72. The number of carbonyl (C=O) groups is 2. The van der Waals surface area contributed by atoms with E-state index < -0.39 is 16.0 Å². The van der Waals surface area contributed by atoms with Crippen LogP contribution in [0.5, 0.6) is 0 Å². The SMILES string of the molecule is CC(=O)c1c(-c2ccccc2)c2cc(Br)ccc2c(=O)n1Cc1ccc(S(=O)(=O)NCCC(=O)O)cc1. The highest BCUT2D eigenvalue weighted by Crippen LogP contribution is 2.33. The maximum absolute atomic E-state index is 13.6. The largest absolute Gasteiger partial charge is 0.481 e. The number of fused-ring (bicyclic) bond motifs is 1. The minimum absolute atomic E-state index is 0.0332. The molecule has 1 heterocycles. The van der Waals surface area contributed by atoms with E-state index >= 15 is 0 Å². The standard InChI is InChI=1S/C27H23BrN2O6S/c1-17(31)26-25(19-5-3-2-4-6-19)23-15-20(28)9-12-22(23)27(34)30(26)16-18-7-10-21(11-8-18)37(35,36)29-14-13-24(32)33/h2-12,15,29H,13-14,16H2,1H3,(H,32,33). The number of nitrogens with zero attached hydrogens (tertiary/aromatic N) is 1. The summed E-state index contributed by atoms with van der Waals surface area (Å²) in [6, 6.07) is 20.6. The van der Waals surface area contributed by atoms with Gasteiger partial charge in [-0.3, -0.25) is 19.0 Å². The second-order valence-electron chi connectivity index (χ2n) is 8.41. The Bertz CT molecular complexity index is 1660. The lowest BCUT2D eigenvalue weighted by Gasteiger charge is -2.19. The summed E-state index contributed by atoms with van der Waals surface area (Å²) in [6.45, 7) is 1.23. The van der Waals surface area contributed by atoms with Gasteiger partial charge in [0.2, 0.25) is 10.0 Å². The highest BCUT2D eigenvalue weighted by atomic mass is 79.9. The summed E-state index contributed by atoms with van der Waals surface area (Å²) in [5.74, 6) is -1.39. The van der Waals surface area contributed by atoms with Crippen LogP contribution in [0, 0.1) is 0 Å². The Morgan fingerprint density at radius 2 is 1.65 bits per heavy atom. The van der Waals surface area contributed by atoms with Gasteiger partial charge in [-0.2, -0.15) is 0 Å². The number of halogens is 1. The second-order valence-corrected chi connectivity index (χ2v) is 11.1. The van der Waals surface area contributed by atoms with Crippen molar-refractivity contribution in [1.29, 1.82) is 0 Å². The van der Waals surface area contributed by atoms with Gasteiger partial charge < -0.3 is 5.11 Å². The minimum Gasteiger partial charge on any atom is -0.481 e. The van der Waals surface area contributed by atoms with Crippen LogP contribution in [0.2, 0.25) is 0 Å². The number of aliphatic carboxylic acids is 1. The topological polar surface area (TPSA) is 123 Å². The van der Waals surface area contributed by atoms with E-state index in [-0.39, 0.29) is 41.4 Å². The first-order chi connectivity index (χ1) is 17.6. The Hall–Kier alpha value is -3.60. The number of nitrogens with one attached hydrogen (secondary N) is 1. The van der Waals surface area contributed by atoms with E-state index in [0.717, 1.165) is 10.0 Å². The molecule has 0 unspecified atom stereocenters. The maximum Gasteiger partial charge on any atom is 0.304 e. The molecule has 0 bridgehead atoms. The zero-order valence-electron chi connectivity index (χ0n) is 19.8. The van der Waals surface area contributed by atoms with Crippen molar-refractivity contribution < 1.29 is 23.1 Å². The summed E-state index contributed by atoms with van der Waals surface area (Å²) in [6.07, 6.45) is -0.337. The quantitative estimate of drug-likeness (QED) is 0.281. The number of aromatic nitrogens is 1. The van der Waals surface area contributed by atoms with Gasteiger partial charge in [0.25, 0.3) is 5.56 Å². The van der Waals surface area contributed by atoms with Crippen LogP contribution in [0.3, 0.4) is 0 Å². The van der Waals surface area contributed by atoms with Gasteiger partial charge in [-0.05, 0) is 46.8 Å². The van der Waals surface area contributed by atoms with E-state index in [0.29, 0.717) is 21.9 Å². The molecule has 0 spiro atoms. The van der Waals surface area contributed by atoms with Crippen LogP contribution in [-0.4, -0.2) is 36.4 Å². The van der Waals surface area contributed by atoms with E-state index in [9.17, 15) is 22.8 Å². The molecule has 8 nitrogen and oxygen atoms in total. The number of sulfonamides is 1. The van der Waals surface area contributed by atoms with Crippen molar-refractivity contribution in [3.8, 4) is 11.1 Å². The third-order valence-corrected chi connectivity index (χ3v) is 7.80.